The molecule has 2 amide bonds. The van der Waals surface area contributed by atoms with Crippen molar-refractivity contribution in [2.45, 2.75) is 6.54 Å². The minimum absolute atomic E-state index is 0.0385. The molecule has 1 aromatic carbocycles. The maximum Gasteiger partial charge on any atom is 0.273 e. The predicted octanol–water partition coefficient (Wildman–Crippen LogP) is 3.01. The Hall–Kier alpha value is -3.01. The molecule has 0 bridgehead atoms. The number of para-hydroxylation sites is 1. The van der Waals surface area contributed by atoms with Crippen LogP contribution in [0, 0.1) is 0 Å². The second-order valence-electron chi connectivity index (χ2n) is 7.35. The quantitative estimate of drug-likeness (QED) is 0.551. The Bertz CT molecular complexity index is 1070. The first-order valence-electron chi connectivity index (χ1n) is 10.2. The number of thiazole rings is 1. The number of rotatable bonds is 7. The Morgan fingerprint density at radius 1 is 1.09 bits per heavy atom. The molecule has 0 saturated carbocycles. The molecule has 1 saturated heterocycles. The van der Waals surface area contributed by atoms with Crippen LogP contribution in [0.25, 0.3) is 0 Å². The number of nitrogens with zero attached hydrogens (tertiary/aromatic N) is 4. The van der Waals surface area contributed by atoms with Crippen LogP contribution in [0.15, 0.2) is 54.2 Å². The van der Waals surface area contributed by atoms with Gasteiger partial charge in [-0.25, -0.2) is 4.98 Å². The first-order chi connectivity index (χ1) is 15.6. The molecule has 2 aromatic heterocycles. The van der Waals surface area contributed by atoms with Crippen LogP contribution in [0.4, 0.5) is 10.8 Å². The topological polar surface area (TPSA) is 90.5 Å². The summed E-state index contributed by atoms with van der Waals surface area (Å²) in [4.78, 5) is 37.3. The summed E-state index contributed by atoms with van der Waals surface area (Å²) in [5.74, 6) is -0.141. The van der Waals surface area contributed by atoms with Crippen LogP contribution in [0.1, 0.15) is 16.1 Å². The molecule has 8 nitrogen and oxygen atoms in total. The number of halogens is 1. The van der Waals surface area contributed by atoms with E-state index in [0.717, 1.165) is 11.3 Å². The first kappa shape index (κ1) is 22.2. The van der Waals surface area contributed by atoms with Crippen molar-refractivity contribution in [1.29, 1.82) is 0 Å². The molecule has 0 spiro atoms. The molecule has 1 fully saturated rings. The van der Waals surface area contributed by atoms with E-state index in [9.17, 15) is 9.59 Å². The van der Waals surface area contributed by atoms with E-state index in [0.29, 0.717) is 55.1 Å². The highest BCUT2D eigenvalue weighted by molar-refractivity contribution is 7.14. The molecule has 1 aliphatic rings. The van der Waals surface area contributed by atoms with Crippen LogP contribution in [0.5, 0.6) is 0 Å². The zero-order valence-electron chi connectivity index (χ0n) is 17.3. The van der Waals surface area contributed by atoms with Gasteiger partial charge in [0.15, 0.2) is 5.13 Å². The maximum atomic E-state index is 12.8. The van der Waals surface area contributed by atoms with E-state index in [1.54, 1.807) is 28.7 Å². The molecule has 0 radical (unpaired) electrons. The number of carbonyl (C=O) groups excluding carboxylic acids is 2. The highest BCUT2D eigenvalue weighted by Crippen LogP contribution is 2.27. The van der Waals surface area contributed by atoms with Gasteiger partial charge in [-0.1, -0.05) is 29.8 Å². The zero-order chi connectivity index (χ0) is 22.3. The van der Waals surface area contributed by atoms with Crippen molar-refractivity contribution in [2.24, 2.45) is 0 Å². The van der Waals surface area contributed by atoms with Crippen molar-refractivity contribution in [2.75, 3.05) is 38.0 Å². The number of anilines is 2. The summed E-state index contributed by atoms with van der Waals surface area (Å²) >= 11 is 7.53. The highest BCUT2D eigenvalue weighted by Gasteiger charge is 2.25. The van der Waals surface area contributed by atoms with Gasteiger partial charge in [-0.2, -0.15) is 0 Å². The van der Waals surface area contributed by atoms with Gasteiger partial charge in [0.05, 0.1) is 17.3 Å². The Morgan fingerprint density at radius 2 is 1.91 bits per heavy atom. The molecule has 32 heavy (non-hydrogen) atoms. The zero-order valence-corrected chi connectivity index (χ0v) is 18.9. The second kappa shape index (κ2) is 10.5. The average molecular weight is 471 g/mol. The molecule has 4 rings (SSSR count). The average Bonchev–Trinajstić information content (AvgIpc) is 3.28. The lowest BCUT2D eigenvalue weighted by molar-refractivity contribution is -0.122. The van der Waals surface area contributed by atoms with Gasteiger partial charge in [-0.05, 0) is 23.8 Å². The largest absolute Gasteiger partial charge is 0.351 e. The number of benzene rings is 1. The SMILES string of the molecule is O=C(CN1CCN(C(=O)c2csc(Nc3ccccc3Cl)n2)CC1)NCc1cccnc1. The molecule has 0 unspecified atom stereocenters. The number of piperazine rings is 1. The standard InChI is InChI=1S/C22H23ClN6O2S/c23-17-5-1-2-6-18(17)26-22-27-19(15-32-22)21(31)29-10-8-28(9-11-29)14-20(30)25-13-16-4-3-7-24-12-16/h1-7,12,15H,8-11,13-14H2,(H,25,30)(H,26,27). The summed E-state index contributed by atoms with van der Waals surface area (Å²) in [6.45, 7) is 3.16. The smallest absolute Gasteiger partial charge is 0.273 e. The van der Waals surface area contributed by atoms with Crippen molar-refractivity contribution in [1.82, 2.24) is 25.1 Å². The number of nitrogens with one attached hydrogen (secondary N) is 2. The molecular formula is C22H23ClN6O2S. The number of hydrogen-bond donors (Lipinski definition) is 2. The third-order valence-electron chi connectivity index (χ3n) is 5.08. The normalized spacial score (nSPS) is 14.2. The predicted molar refractivity (Wildman–Crippen MR) is 125 cm³/mol. The first-order valence-corrected chi connectivity index (χ1v) is 11.5. The van der Waals surface area contributed by atoms with Gasteiger partial charge in [0.25, 0.3) is 5.91 Å². The third kappa shape index (κ3) is 5.82. The van der Waals surface area contributed by atoms with Gasteiger partial charge in [-0.3, -0.25) is 19.5 Å². The Kier molecular flexibility index (Phi) is 7.31. The molecule has 1 aliphatic heterocycles. The van der Waals surface area contributed by atoms with Gasteiger partial charge < -0.3 is 15.5 Å². The lowest BCUT2D eigenvalue weighted by atomic mass is 10.2. The van der Waals surface area contributed by atoms with E-state index >= 15 is 0 Å². The van der Waals surface area contributed by atoms with Crippen molar-refractivity contribution >= 4 is 45.6 Å². The summed E-state index contributed by atoms with van der Waals surface area (Å²) in [6, 6.07) is 11.2. The van der Waals surface area contributed by atoms with Crippen LogP contribution in [-0.4, -0.2) is 64.3 Å². The fourth-order valence-corrected chi connectivity index (χ4v) is 4.22. The van der Waals surface area contributed by atoms with E-state index in [-0.39, 0.29) is 11.8 Å². The Balaban J connectivity index is 1.23. The summed E-state index contributed by atoms with van der Waals surface area (Å²) in [6.07, 6.45) is 3.44. The summed E-state index contributed by atoms with van der Waals surface area (Å²) in [5.41, 5.74) is 2.12. The number of pyridine rings is 1. The van der Waals surface area contributed by atoms with Crippen molar-refractivity contribution < 1.29 is 9.59 Å². The van der Waals surface area contributed by atoms with Gasteiger partial charge in [0, 0.05) is 50.5 Å². The summed E-state index contributed by atoms with van der Waals surface area (Å²) in [7, 11) is 0. The molecule has 166 valence electrons. The number of hydrogen-bond acceptors (Lipinski definition) is 7. The summed E-state index contributed by atoms with van der Waals surface area (Å²) in [5, 5.41) is 9.02. The van der Waals surface area contributed by atoms with Crippen molar-refractivity contribution in [3.63, 3.8) is 0 Å². The van der Waals surface area contributed by atoms with Gasteiger partial charge >= 0.3 is 0 Å². The lowest BCUT2D eigenvalue weighted by Gasteiger charge is -2.33. The Morgan fingerprint density at radius 3 is 2.66 bits per heavy atom. The van der Waals surface area contributed by atoms with E-state index in [2.05, 4.69) is 20.6 Å². The van der Waals surface area contributed by atoms with Gasteiger partial charge in [0.2, 0.25) is 5.91 Å². The van der Waals surface area contributed by atoms with Crippen LogP contribution in [0.2, 0.25) is 5.02 Å². The van der Waals surface area contributed by atoms with Crippen molar-refractivity contribution in [3.8, 4) is 0 Å². The van der Waals surface area contributed by atoms with Crippen LogP contribution >= 0.6 is 22.9 Å². The highest BCUT2D eigenvalue weighted by atomic mass is 35.5. The van der Waals surface area contributed by atoms with Crippen LogP contribution in [-0.2, 0) is 11.3 Å². The van der Waals surface area contributed by atoms with E-state index in [1.807, 2.05) is 35.2 Å². The van der Waals surface area contributed by atoms with Crippen LogP contribution < -0.4 is 10.6 Å². The molecular weight excluding hydrogens is 448 g/mol. The molecule has 3 heterocycles. The Labute approximate surface area is 195 Å². The minimum Gasteiger partial charge on any atom is -0.351 e. The lowest BCUT2D eigenvalue weighted by Crippen LogP contribution is -2.51. The molecule has 3 aromatic rings. The molecule has 10 heteroatoms. The summed E-state index contributed by atoms with van der Waals surface area (Å²) < 4.78 is 0. The minimum atomic E-state index is -0.103. The number of carbonyl (C=O) groups is 2. The van der Waals surface area contributed by atoms with E-state index in [4.69, 9.17) is 11.6 Å². The monoisotopic (exact) mass is 470 g/mol. The second-order valence-corrected chi connectivity index (χ2v) is 8.61. The molecule has 0 aliphatic carbocycles. The number of aromatic nitrogens is 2. The maximum absolute atomic E-state index is 12.8. The van der Waals surface area contributed by atoms with E-state index < -0.39 is 0 Å². The van der Waals surface area contributed by atoms with Gasteiger partial charge in [0.1, 0.15) is 5.69 Å². The van der Waals surface area contributed by atoms with Gasteiger partial charge in [-0.15, -0.1) is 11.3 Å². The number of amides is 2. The van der Waals surface area contributed by atoms with Crippen LogP contribution in [0.3, 0.4) is 0 Å². The van der Waals surface area contributed by atoms with Crippen molar-refractivity contribution in [3.05, 3.63) is 70.5 Å². The molecule has 2 N–H and O–H groups in total. The molecule has 0 atom stereocenters. The van der Waals surface area contributed by atoms with E-state index in [1.165, 1.54) is 11.3 Å². The fraction of sp³-hybridized carbons (Fsp3) is 0.273. The fourth-order valence-electron chi connectivity index (χ4n) is 3.34. The third-order valence-corrected chi connectivity index (χ3v) is 6.17.